The Morgan fingerprint density at radius 1 is 1.47 bits per heavy atom. The molecule has 2 aromatic rings. The zero-order valence-electron chi connectivity index (χ0n) is 10.7. The lowest BCUT2D eigenvalue weighted by molar-refractivity contribution is 0.462. The number of aromatic nitrogens is 1. The largest absolute Gasteiger partial charge is 0.439 e. The smallest absolute Gasteiger partial charge is 0.209 e. The molecule has 1 saturated heterocycles. The molecule has 0 spiro atoms. The number of sulfone groups is 1. The van der Waals surface area contributed by atoms with E-state index in [0.717, 1.165) is 16.7 Å². The summed E-state index contributed by atoms with van der Waals surface area (Å²) in [5.74, 6) is 1.09. The molecule has 0 amide bonds. The van der Waals surface area contributed by atoms with E-state index in [2.05, 4.69) is 10.3 Å². The van der Waals surface area contributed by atoms with Gasteiger partial charge in [0.15, 0.2) is 15.4 Å². The first kappa shape index (κ1) is 12.6. The van der Waals surface area contributed by atoms with Crippen LogP contribution in [0, 0.1) is 6.92 Å². The maximum absolute atomic E-state index is 11.4. The number of fused-ring (bicyclic) bond motifs is 1. The van der Waals surface area contributed by atoms with Gasteiger partial charge >= 0.3 is 0 Å². The van der Waals surface area contributed by atoms with Crippen molar-refractivity contribution in [1.82, 2.24) is 10.3 Å². The summed E-state index contributed by atoms with van der Waals surface area (Å²) in [4.78, 5) is 4.39. The van der Waals surface area contributed by atoms with Gasteiger partial charge in [-0.15, -0.1) is 0 Å². The molecule has 2 heterocycles. The minimum Gasteiger partial charge on any atom is -0.439 e. The molecule has 1 aliphatic rings. The summed E-state index contributed by atoms with van der Waals surface area (Å²) < 4.78 is 28.4. The van der Waals surface area contributed by atoms with Crippen molar-refractivity contribution in [3.8, 4) is 0 Å². The molecule has 1 N–H and O–H groups in total. The number of oxazole rings is 1. The zero-order chi connectivity index (χ0) is 13.5. The van der Waals surface area contributed by atoms with Crippen LogP contribution in [0.3, 0.4) is 0 Å². The Kier molecular flexibility index (Phi) is 3.06. The Labute approximate surface area is 111 Å². The van der Waals surface area contributed by atoms with Crippen LogP contribution in [-0.2, 0) is 16.4 Å². The molecule has 0 radical (unpaired) electrons. The lowest BCUT2D eigenvalue weighted by atomic mass is 10.2. The molecule has 0 aliphatic carbocycles. The number of benzene rings is 1. The Hall–Kier alpha value is -1.40. The fourth-order valence-corrected chi connectivity index (χ4v) is 4.10. The minimum atomic E-state index is -2.84. The van der Waals surface area contributed by atoms with Crippen LogP contribution in [0.5, 0.6) is 0 Å². The summed E-state index contributed by atoms with van der Waals surface area (Å²) in [6.45, 7) is 2.45. The number of hydrogen-bond donors (Lipinski definition) is 1. The van der Waals surface area contributed by atoms with Crippen molar-refractivity contribution in [2.24, 2.45) is 0 Å². The van der Waals surface area contributed by atoms with Crippen LogP contribution in [0.25, 0.3) is 11.1 Å². The highest BCUT2D eigenvalue weighted by Gasteiger charge is 2.27. The van der Waals surface area contributed by atoms with Crippen LogP contribution in [0.4, 0.5) is 0 Å². The van der Waals surface area contributed by atoms with Crippen molar-refractivity contribution in [2.75, 3.05) is 11.5 Å². The van der Waals surface area contributed by atoms with Crippen molar-refractivity contribution in [3.05, 3.63) is 29.7 Å². The predicted molar refractivity (Wildman–Crippen MR) is 72.6 cm³/mol. The van der Waals surface area contributed by atoms with E-state index < -0.39 is 9.84 Å². The Morgan fingerprint density at radius 3 is 3.00 bits per heavy atom. The van der Waals surface area contributed by atoms with Crippen molar-refractivity contribution >= 4 is 20.9 Å². The van der Waals surface area contributed by atoms with E-state index in [4.69, 9.17) is 4.42 Å². The first-order valence-electron chi connectivity index (χ1n) is 6.32. The van der Waals surface area contributed by atoms with Crippen molar-refractivity contribution in [1.29, 1.82) is 0 Å². The van der Waals surface area contributed by atoms with Gasteiger partial charge in [0.25, 0.3) is 0 Å². The van der Waals surface area contributed by atoms with Gasteiger partial charge in [-0.1, -0.05) is 12.1 Å². The molecule has 0 saturated carbocycles. The zero-order valence-corrected chi connectivity index (χ0v) is 11.5. The second-order valence-corrected chi connectivity index (χ2v) is 7.24. The lowest BCUT2D eigenvalue weighted by Gasteiger charge is -2.07. The summed E-state index contributed by atoms with van der Waals surface area (Å²) in [6.07, 6.45) is 0.668. The quantitative estimate of drug-likeness (QED) is 0.920. The van der Waals surface area contributed by atoms with Crippen LogP contribution >= 0.6 is 0 Å². The molecule has 5 nitrogen and oxygen atoms in total. The SMILES string of the molecule is Cc1cccc2nc(CNC3CCS(=O)(=O)C3)oc12. The van der Waals surface area contributed by atoms with Crippen LogP contribution in [0.1, 0.15) is 17.9 Å². The van der Waals surface area contributed by atoms with Crippen LogP contribution in [0.15, 0.2) is 22.6 Å². The van der Waals surface area contributed by atoms with Gasteiger partial charge in [-0.3, -0.25) is 0 Å². The molecule has 1 atom stereocenters. The average molecular weight is 280 g/mol. The molecular formula is C13H16N2O3S. The standard InChI is InChI=1S/C13H16N2O3S/c1-9-3-2-4-11-13(9)18-12(15-11)7-14-10-5-6-19(16,17)8-10/h2-4,10,14H,5-8H2,1H3. The Balaban J connectivity index is 1.71. The second-order valence-electron chi connectivity index (χ2n) is 5.01. The molecule has 1 unspecified atom stereocenters. The third kappa shape index (κ3) is 2.64. The number of nitrogens with one attached hydrogen (secondary N) is 1. The summed E-state index contributed by atoms with van der Waals surface area (Å²) in [5.41, 5.74) is 2.70. The van der Waals surface area contributed by atoms with E-state index in [1.165, 1.54) is 0 Å². The normalized spacial score (nSPS) is 22.1. The van der Waals surface area contributed by atoms with E-state index >= 15 is 0 Å². The molecule has 102 valence electrons. The molecule has 19 heavy (non-hydrogen) atoms. The molecule has 1 aromatic carbocycles. The van der Waals surface area contributed by atoms with Gasteiger partial charge in [-0.2, -0.15) is 0 Å². The van der Waals surface area contributed by atoms with Crippen molar-refractivity contribution in [3.63, 3.8) is 0 Å². The number of para-hydroxylation sites is 1. The van der Waals surface area contributed by atoms with Gasteiger partial charge in [0.1, 0.15) is 5.52 Å². The van der Waals surface area contributed by atoms with Gasteiger partial charge in [0, 0.05) is 6.04 Å². The van der Waals surface area contributed by atoms with Gasteiger partial charge in [0.2, 0.25) is 5.89 Å². The topological polar surface area (TPSA) is 72.2 Å². The van der Waals surface area contributed by atoms with Crippen molar-refractivity contribution in [2.45, 2.75) is 25.9 Å². The van der Waals surface area contributed by atoms with Gasteiger partial charge in [0.05, 0.1) is 18.1 Å². The van der Waals surface area contributed by atoms with E-state index in [-0.39, 0.29) is 17.5 Å². The molecule has 0 bridgehead atoms. The highest BCUT2D eigenvalue weighted by molar-refractivity contribution is 7.91. The minimum absolute atomic E-state index is 0.0149. The molecule has 3 rings (SSSR count). The number of nitrogens with zero attached hydrogens (tertiary/aromatic N) is 1. The number of aryl methyl sites for hydroxylation is 1. The van der Waals surface area contributed by atoms with Crippen LogP contribution < -0.4 is 5.32 Å². The first-order chi connectivity index (χ1) is 9.03. The molecule has 1 aromatic heterocycles. The Morgan fingerprint density at radius 2 is 2.32 bits per heavy atom. The summed E-state index contributed by atoms with van der Waals surface area (Å²) in [7, 11) is -2.84. The van der Waals surface area contributed by atoms with E-state index in [1.54, 1.807) is 0 Å². The second kappa shape index (κ2) is 4.61. The predicted octanol–water partition coefficient (Wildman–Crippen LogP) is 1.41. The van der Waals surface area contributed by atoms with Crippen LogP contribution in [-0.4, -0.2) is 30.9 Å². The van der Waals surface area contributed by atoms with E-state index in [1.807, 2.05) is 25.1 Å². The molecule has 1 aliphatic heterocycles. The highest BCUT2D eigenvalue weighted by Crippen LogP contribution is 2.19. The van der Waals surface area contributed by atoms with E-state index in [9.17, 15) is 8.42 Å². The average Bonchev–Trinajstić information content (AvgIpc) is 2.91. The summed E-state index contributed by atoms with van der Waals surface area (Å²) >= 11 is 0. The molecule has 6 heteroatoms. The van der Waals surface area contributed by atoms with E-state index in [0.29, 0.717) is 18.9 Å². The number of hydrogen-bond acceptors (Lipinski definition) is 5. The molecular weight excluding hydrogens is 264 g/mol. The molecule has 1 fully saturated rings. The van der Waals surface area contributed by atoms with Gasteiger partial charge in [-0.05, 0) is 25.0 Å². The monoisotopic (exact) mass is 280 g/mol. The third-order valence-corrected chi connectivity index (χ3v) is 5.20. The summed E-state index contributed by atoms with van der Waals surface area (Å²) in [6, 6.07) is 5.85. The summed E-state index contributed by atoms with van der Waals surface area (Å²) in [5, 5.41) is 3.20. The first-order valence-corrected chi connectivity index (χ1v) is 8.14. The van der Waals surface area contributed by atoms with Gasteiger partial charge < -0.3 is 9.73 Å². The maximum Gasteiger partial charge on any atom is 0.209 e. The van der Waals surface area contributed by atoms with Crippen LogP contribution in [0.2, 0.25) is 0 Å². The Bertz CT molecular complexity index is 706. The maximum atomic E-state index is 11.4. The fraction of sp³-hybridized carbons (Fsp3) is 0.462. The van der Waals surface area contributed by atoms with Crippen molar-refractivity contribution < 1.29 is 12.8 Å². The third-order valence-electron chi connectivity index (χ3n) is 3.43. The number of rotatable bonds is 3. The highest BCUT2D eigenvalue weighted by atomic mass is 32.2. The fourth-order valence-electron chi connectivity index (χ4n) is 2.40. The van der Waals surface area contributed by atoms with Gasteiger partial charge in [-0.25, -0.2) is 13.4 Å². The lowest BCUT2D eigenvalue weighted by Crippen LogP contribution is -2.29.